The summed E-state index contributed by atoms with van der Waals surface area (Å²) in [4.78, 5) is 0.216. The number of benzene rings is 2. The van der Waals surface area contributed by atoms with Gasteiger partial charge in [0.05, 0.1) is 4.90 Å². The number of sulfonamides is 1. The molecule has 2 aromatic rings. The first-order valence-electron chi connectivity index (χ1n) is 6.11. The standard InChI is InChI=1S/C14H13BrClNO3S/c15-11-4-6-14(7-5-11)21(18,19)17-8-9-20-13-3-1-2-12(16)10-13/h1-7,10,17H,8-9H2. The maximum absolute atomic E-state index is 12.0. The van der Waals surface area contributed by atoms with Crippen molar-refractivity contribution >= 4 is 37.6 Å². The molecule has 0 saturated carbocycles. The molecule has 0 aliphatic rings. The molecule has 0 saturated heterocycles. The van der Waals surface area contributed by atoms with Crippen LogP contribution in [-0.4, -0.2) is 21.6 Å². The number of halogens is 2. The molecule has 2 aromatic carbocycles. The number of ether oxygens (including phenoxy) is 1. The van der Waals surface area contributed by atoms with Crippen LogP contribution >= 0.6 is 27.5 Å². The lowest BCUT2D eigenvalue weighted by Crippen LogP contribution is -2.28. The second-order valence-corrected chi connectivity index (χ2v) is 7.28. The molecule has 4 nitrogen and oxygen atoms in total. The molecule has 1 N–H and O–H groups in total. The smallest absolute Gasteiger partial charge is 0.240 e. The zero-order chi connectivity index (χ0) is 15.3. The van der Waals surface area contributed by atoms with Crippen molar-refractivity contribution in [2.45, 2.75) is 4.90 Å². The van der Waals surface area contributed by atoms with Gasteiger partial charge in [-0.25, -0.2) is 13.1 Å². The van der Waals surface area contributed by atoms with Gasteiger partial charge >= 0.3 is 0 Å². The maximum Gasteiger partial charge on any atom is 0.240 e. The van der Waals surface area contributed by atoms with Crippen molar-refractivity contribution in [3.63, 3.8) is 0 Å². The molecule has 0 heterocycles. The van der Waals surface area contributed by atoms with E-state index >= 15 is 0 Å². The van der Waals surface area contributed by atoms with E-state index in [0.717, 1.165) is 4.47 Å². The Morgan fingerprint density at radius 3 is 2.52 bits per heavy atom. The maximum atomic E-state index is 12.0. The summed E-state index contributed by atoms with van der Waals surface area (Å²) >= 11 is 9.09. The van der Waals surface area contributed by atoms with E-state index in [4.69, 9.17) is 16.3 Å². The summed E-state index contributed by atoms with van der Waals surface area (Å²) in [5.74, 6) is 0.602. The number of rotatable bonds is 6. The van der Waals surface area contributed by atoms with Gasteiger partial charge in [0, 0.05) is 16.0 Å². The molecule has 0 aromatic heterocycles. The van der Waals surface area contributed by atoms with Crippen molar-refractivity contribution in [1.29, 1.82) is 0 Å². The lowest BCUT2D eigenvalue weighted by Gasteiger charge is -2.09. The molecule has 0 aliphatic carbocycles. The van der Waals surface area contributed by atoms with Crippen LogP contribution in [0.5, 0.6) is 5.75 Å². The summed E-state index contributed by atoms with van der Waals surface area (Å²) in [7, 11) is -3.52. The van der Waals surface area contributed by atoms with Crippen molar-refractivity contribution < 1.29 is 13.2 Å². The van der Waals surface area contributed by atoms with E-state index in [1.807, 2.05) is 0 Å². The molecule has 0 unspecified atom stereocenters. The second kappa shape index (κ2) is 7.26. The third-order valence-electron chi connectivity index (χ3n) is 2.58. The van der Waals surface area contributed by atoms with Gasteiger partial charge in [-0.1, -0.05) is 33.6 Å². The summed E-state index contributed by atoms with van der Waals surface area (Å²) in [6.45, 7) is 0.390. The number of hydrogen-bond acceptors (Lipinski definition) is 3. The van der Waals surface area contributed by atoms with Crippen LogP contribution in [0.1, 0.15) is 0 Å². The summed E-state index contributed by atoms with van der Waals surface area (Å²) < 4.78 is 32.7. The fourth-order valence-electron chi connectivity index (χ4n) is 1.60. The van der Waals surface area contributed by atoms with E-state index in [0.29, 0.717) is 10.8 Å². The highest BCUT2D eigenvalue weighted by atomic mass is 79.9. The van der Waals surface area contributed by atoms with Gasteiger partial charge in [-0.05, 0) is 42.5 Å². The molecule has 7 heteroatoms. The molecule has 0 spiro atoms. The number of nitrogens with one attached hydrogen (secondary N) is 1. The Morgan fingerprint density at radius 1 is 1.14 bits per heavy atom. The molecular formula is C14H13BrClNO3S. The zero-order valence-electron chi connectivity index (χ0n) is 10.9. The molecule has 0 atom stereocenters. The second-order valence-electron chi connectivity index (χ2n) is 4.16. The highest BCUT2D eigenvalue weighted by Crippen LogP contribution is 2.17. The van der Waals surface area contributed by atoms with Crippen LogP contribution in [0.3, 0.4) is 0 Å². The molecule has 0 bridgehead atoms. The molecule has 0 amide bonds. The van der Waals surface area contributed by atoms with Crippen molar-refractivity contribution in [3.05, 3.63) is 58.0 Å². The van der Waals surface area contributed by atoms with E-state index in [1.165, 1.54) is 12.1 Å². The molecule has 0 aliphatic heterocycles. The summed E-state index contributed by atoms with van der Waals surface area (Å²) in [6, 6.07) is 13.4. The largest absolute Gasteiger partial charge is 0.492 e. The van der Waals surface area contributed by atoms with Crippen LogP contribution in [0.15, 0.2) is 57.9 Å². The average Bonchev–Trinajstić information content (AvgIpc) is 2.44. The van der Waals surface area contributed by atoms with E-state index in [2.05, 4.69) is 20.7 Å². The molecule has 2 rings (SSSR count). The molecular weight excluding hydrogens is 378 g/mol. The number of hydrogen-bond donors (Lipinski definition) is 1. The van der Waals surface area contributed by atoms with Gasteiger partial charge < -0.3 is 4.74 Å². The van der Waals surface area contributed by atoms with Crippen LogP contribution in [0.25, 0.3) is 0 Å². The van der Waals surface area contributed by atoms with Crippen molar-refractivity contribution in [1.82, 2.24) is 4.72 Å². The minimum absolute atomic E-state index is 0.172. The predicted octanol–water partition coefficient (Wildman–Crippen LogP) is 3.46. The Morgan fingerprint density at radius 2 is 1.86 bits per heavy atom. The van der Waals surface area contributed by atoms with Gasteiger partial charge in [0.1, 0.15) is 12.4 Å². The molecule has 0 fully saturated rings. The first-order valence-corrected chi connectivity index (χ1v) is 8.76. The van der Waals surface area contributed by atoms with E-state index in [-0.39, 0.29) is 18.0 Å². The van der Waals surface area contributed by atoms with Crippen LogP contribution < -0.4 is 9.46 Å². The SMILES string of the molecule is O=S(=O)(NCCOc1cccc(Cl)c1)c1ccc(Br)cc1. The third kappa shape index (κ3) is 5.00. The zero-order valence-corrected chi connectivity index (χ0v) is 14.1. The first-order chi connectivity index (χ1) is 9.97. The normalized spacial score (nSPS) is 11.3. The summed E-state index contributed by atoms with van der Waals surface area (Å²) in [5, 5.41) is 0.572. The topological polar surface area (TPSA) is 55.4 Å². The van der Waals surface area contributed by atoms with E-state index < -0.39 is 10.0 Å². The Hall–Kier alpha value is -1.08. The first kappa shape index (κ1) is 16.3. The Kier molecular flexibility index (Phi) is 5.64. The van der Waals surface area contributed by atoms with Crippen LogP contribution in [0.2, 0.25) is 5.02 Å². The lowest BCUT2D eigenvalue weighted by atomic mass is 10.3. The van der Waals surface area contributed by atoms with Gasteiger partial charge in [-0.2, -0.15) is 0 Å². The average molecular weight is 391 g/mol. The Labute approximate surface area is 137 Å². The van der Waals surface area contributed by atoms with E-state index in [9.17, 15) is 8.42 Å². The van der Waals surface area contributed by atoms with Gasteiger partial charge in [-0.3, -0.25) is 0 Å². The minimum atomic E-state index is -3.52. The quantitative estimate of drug-likeness (QED) is 0.769. The summed E-state index contributed by atoms with van der Waals surface area (Å²) in [6.07, 6.45) is 0. The fraction of sp³-hybridized carbons (Fsp3) is 0.143. The summed E-state index contributed by atoms with van der Waals surface area (Å²) in [5.41, 5.74) is 0. The molecule has 112 valence electrons. The minimum Gasteiger partial charge on any atom is -0.492 e. The third-order valence-corrected chi connectivity index (χ3v) is 4.82. The predicted molar refractivity (Wildman–Crippen MR) is 86.3 cm³/mol. The molecule has 21 heavy (non-hydrogen) atoms. The highest BCUT2D eigenvalue weighted by Gasteiger charge is 2.12. The fourth-order valence-corrected chi connectivity index (χ4v) is 3.06. The van der Waals surface area contributed by atoms with Crippen LogP contribution in [-0.2, 0) is 10.0 Å². The van der Waals surface area contributed by atoms with Crippen LogP contribution in [0, 0.1) is 0 Å². The van der Waals surface area contributed by atoms with E-state index in [1.54, 1.807) is 36.4 Å². The van der Waals surface area contributed by atoms with Gasteiger partial charge in [0.25, 0.3) is 0 Å². The highest BCUT2D eigenvalue weighted by molar-refractivity contribution is 9.10. The van der Waals surface area contributed by atoms with Gasteiger partial charge in [-0.15, -0.1) is 0 Å². The van der Waals surface area contributed by atoms with Crippen molar-refractivity contribution in [2.75, 3.05) is 13.2 Å². The van der Waals surface area contributed by atoms with Crippen LogP contribution in [0.4, 0.5) is 0 Å². The Balaban J connectivity index is 1.86. The monoisotopic (exact) mass is 389 g/mol. The van der Waals surface area contributed by atoms with Crippen molar-refractivity contribution in [2.24, 2.45) is 0 Å². The van der Waals surface area contributed by atoms with Crippen molar-refractivity contribution in [3.8, 4) is 5.75 Å². The van der Waals surface area contributed by atoms with Gasteiger partial charge in [0.15, 0.2) is 0 Å². The Bertz CT molecular complexity index is 704. The lowest BCUT2D eigenvalue weighted by molar-refractivity contribution is 0.323. The van der Waals surface area contributed by atoms with Gasteiger partial charge in [0.2, 0.25) is 10.0 Å². The molecule has 0 radical (unpaired) electrons.